The Morgan fingerprint density at radius 1 is 0.578 bits per heavy atom. The minimum absolute atomic E-state index is 0. The van der Waals surface area contributed by atoms with Gasteiger partial charge in [-0.2, -0.15) is 6.61 Å². The van der Waals surface area contributed by atoms with Gasteiger partial charge in [0.25, 0.3) is 0 Å². The van der Waals surface area contributed by atoms with Crippen LogP contribution in [0.15, 0.2) is 0 Å². The predicted octanol–water partition coefficient (Wildman–Crippen LogP) is 7.74. The zero-order valence-electron chi connectivity index (χ0n) is 30.3. The fourth-order valence-corrected chi connectivity index (χ4v) is 5.78. The quantitative estimate of drug-likeness (QED) is 0.0243. The predicted molar refractivity (Wildman–Crippen MR) is 187 cm³/mol. The molecule has 0 spiro atoms. The van der Waals surface area contributed by atoms with E-state index in [9.17, 15) is 4.79 Å². The van der Waals surface area contributed by atoms with Gasteiger partial charge in [-0.1, -0.05) is 181 Å². The van der Waals surface area contributed by atoms with Crippen molar-refractivity contribution < 1.29 is 58.3 Å². The Labute approximate surface area is 301 Å². The minimum Gasteiger partial charge on any atom is -0.550 e. The van der Waals surface area contributed by atoms with Crippen molar-refractivity contribution in [1.29, 1.82) is 0 Å². The molecule has 0 heterocycles. The number of rotatable bonds is 33. The summed E-state index contributed by atoms with van der Waals surface area (Å²) in [5, 5.41) is 0. The van der Waals surface area contributed by atoms with E-state index in [4.69, 9.17) is 29.7 Å². The summed E-state index contributed by atoms with van der Waals surface area (Å²) in [5.41, 5.74) is 6.16. The number of Topliss-reactive ketones (excluding diaryl/α,β-unsaturated/α-hetero) is 1. The Kier molecular flexibility index (Phi) is 43.6. The second-order valence-electron chi connectivity index (χ2n) is 12.8. The summed E-state index contributed by atoms with van der Waals surface area (Å²) in [6.45, 7) is 8.64. The second-order valence-corrected chi connectivity index (χ2v) is 13.8. The van der Waals surface area contributed by atoms with Crippen LogP contribution in [0.4, 0.5) is 0 Å². The van der Waals surface area contributed by atoms with Crippen LogP contribution in [0.5, 0.6) is 0 Å². The van der Waals surface area contributed by atoms with Gasteiger partial charge in [0.2, 0.25) is 0 Å². The molecule has 0 bridgehead atoms. The van der Waals surface area contributed by atoms with Gasteiger partial charge in [-0.3, -0.25) is 0 Å². The third kappa shape index (κ3) is 44.7. The maximum absolute atomic E-state index is 13.0. The zero-order valence-corrected chi connectivity index (χ0v) is 33.2. The van der Waals surface area contributed by atoms with Gasteiger partial charge in [-0.15, -0.1) is 0 Å². The van der Waals surface area contributed by atoms with E-state index < -0.39 is 13.9 Å². The molecule has 0 aliphatic heterocycles. The topological polar surface area (TPSA) is 130 Å². The number of carbonyl (C=O) groups excluding carboxylic acids is 1. The number of unbranched alkanes of at least 4 members (excludes halogenated alkanes) is 24. The molecule has 0 rings (SSSR count). The summed E-state index contributed by atoms with van der Waals surface area (Å²) in [7, 11) is -4.64. The van der Waals surface area contributed by atoms with Gasteiger partial charge < -0.3 is 29.9 Å². The van der Waals surface area contributed by atoms with Crippen LogP contribution >= 0.6 is 7.82 Å². The molecule has 0 aliphatic carbocycles. The summed E-state index contributed by atoms with van der Waals surface area (Å²) in [5.74, 6) is 0.304. The molecule has 5 N–H and O–H groups in total. The van der Waals surface area contributed by atoms with Crippen LogP contribution in [0.3, 0.4) is 0 Å². The Balaban J connectivity index is -0.00000270. The zero-order chi connectivity index (χ0) is 33.2. The Bertz CT molecular complexity index is 628. The van der Waals surface area contributed by atoms with Crippen molar-refractivity contribution in [3.05, 3.63) is 6.61 Å². The maximum atomic E-state index is 13.0. The first-order chi connectivity index (χ1) is 21.2. The van der Waals surface area contributed by atoms with Crippen LogP contribution in [0.25, 0.3) is 0 Å². The van der Waals surface area contributed by atoms with E-state index >= 15 is 0 Å². The van der Waals surface area contributed by atoms with Gasteiger partial charge in [0.05, 0.1) is 0 Å². The molecule has 0 fully saturated rings. The van der Waals surface area contributed by atoms with Crippen LogP contribution in [-0.2, 0) is 14.1 Å². The van der Waals surface area contributed by atoms with Gasteiger partial charge in [0, 0.05) is 12.5 Å². The summed E-state index contributed by atoms with van der Waals surface area (Å²) in [4.78, 5) is 34.6. The molecule has 266 valence electrons. The number of hydrogen-bond acceptors (Lipinski definition) is 4. The number of nitrogens with two attached hydrogens (primary N) is 1. The first-order valence-electron chi connectivity index (χ1n) is 18.7. The smallest absolute Gasteiger partial charge is 0.550 e. The SMILES string of the molecule is CCCCCCCCCCCCCCCCC(CCCCCCCCCCCCCC)C(=O)C(N)[CH-]OCC.O=P(O)(O)O.[Na+]. The average Bonchev–Trinajstić information content (AvgIpc) is 2.98. The molecule has 0 aromatic carbocycles. The molecule has 2 atom stereocenters. The van der Waals surface area contributed by atoms with Crippen molar-refractivity contribution in [3.8, 4) is 0 Å². The minimum atomic E-state index is -4.64. The normalized spacial score (nSPS) is 12.7. The molecule has 0 aliphatic rings. The molecule has 2 unspecified atom stereocenters. The molecule has 0 aromatic rings. The first kappa shape index (κ1) is 50.1. The van der Waals surface area contributed by atoms with E-state index in [1.54, 1.807) is 6.61 Å². The fourth-order valence-electron chi connectivity index (χ4n) is 5.78. The van der Waals surface area contributed by atoms with Crippen molar-refractivity contribution >= 4 is 13.6 Å². The number of ketones is 1. The number of ether oxygens (including phenoxy) is 1. The molecule has 0 amide bonds. The van der Waals surface area contributed by atoms with Crippen molar-refractivity contribution in [1.82, 2.24) is 0 Å². The number of hydrogen-bond donors (Lipinski definition) is 4. The van der Waals surface area contributed by atoms with Gasteiger partial charge in [0.1, 0.15) is 5.78 Å². The van der Waals surface area contributed by atoms with Crippen LogP contribution in [-0.4, -0.2) is 33.1 Å². The molecular formula is C36H75NNaO6P. The van der Waals surface area contributed by atoms with E-state index in [1.807, 2.05) is 6.92 Å². The van der Waals surface area contributed by atoms with Crippen LogP contribution in [0, 0.1) is 12.5 Å². The largest absolute Gasteiger partial charge is 1.00 e. The van der Waals surface area contributed by atoms with Gasteiger partial charge in [-0.25, -0.2) is 4.57 Å². The Morgan fingerprint density at radius 2 is 0.822 bits per heavy atom. The number of carbonyl (C=O) groups is 1. The van der Waals surface area contributed by atoms with Gasteiger partial charge >= 0.3 is 37.4 Å². The second kappa shape index (κ2) is 39.1. The monoisotopic (exact) mass is 672 g/mol. The summed E-state index contributed by atoms with van der Waals surface area (Å²) >= 11 is 0. The summed E-state index contributed by atoms with van der Waals surface area (Å²) in [6, 6.07) is -0.570. The van der Waals surface area contributed by atoms with Crippen molar-refractivity contribution in [2.75, 3.05) is 6.61 Å². The Morgan fingerprint density at radius 3 is 1.07 bits per heavy atom. The molecule has 9 heteroatoms. The van der Waals surface area contributed by atoms with Gasteiger partial charge in [0.15, 0.2) is 0 Å². The molecular weight excluding hydrogens is 596 g/mol. The van der Waals surface area contributed by atoms with Crippen molar-refractivity contribution in [3.63, 3.8) is 0 Å². The standard InChI is InChI=1S/C36H72NO2.Na.H3O4P/c1-4-7-9-11-13-15-17-19-20-22-24-26-28-30-32-34(36(38)35(37)33-39-6-3)31-29-27-25-23-21-18-16-14-12-10-8-5-2;;1-5(2,3)4/h33-35H,4-32,37H2,1-3H3;;(H3,1,2,3,4)/q-1;+1;. The maximum Gasteiger partial charge on any atom is 1.00 e. The van der Waals surface area contributed by atoms with Crippen molar-refractivity contribution in [2.24, 2.45) is 11.7 Å². The van der Waals surface area contributed by atoms with E-state index in [-0.39, 0.29) is 41.3 Å². The van der Waals surface area contributed by atoms with E-state index in [0.717, 1.165) is 25.7 Å². The van der Waals surface area contributed by atoms with Crippen LogP contribution in [0.1, 0.15) is 201 Å². The molecule has 0 aromatic heterocycles. The average molecular weight is 672 g/mol. The third-order valence-electron chi connectivity index (χ3n) is 8.45. The van der Waals surface area contributed by atoms with E-state index in [2.05, 4.69) is 13.8 Å². The summed E-state index contributed by atoms with van der Waals surface area (Å²) < 4.78 is 14.2. The van der Waals surface area contributed by atoms with Crippen molar-refractivity contribution in [2.45, 2.75) is 207 Å². The molecule has 45 heavy (non-hydrogen) atoms. The van der Waals surface area contributed by atoms with E-state index in [0.29, 0.717) is 6.61 Å². The fraction of sp³-hybridized carbons (Fsp3) is 0.944. The molecule has 0 radical (unpaired) electrons. The van der Waals surface area contributed by atoms with Crippen LogP contribution in [0.2, 0.25) is 0 Å². The molecule has 0 saturated heterocycles. The summed E-state index contributed by atoms with van der Waals surface area (Å²) in [6.07, 6.45) is 37.4. The molecule has 0 saturated carbocycles. The number of phosphoric acid groups is 1. The Hall–Kier alpha value is 0.700. The van der Waals surface area contributed by atoms with E-state index in [1.165, 1.54) is 154 Å². The van der Waals surface area contributed by atoms with Crippen LogP contribution < -0.4 is 35.3 Å². The van der Waals surface area contributed by atoms with Gasteiger partial charge in [-0.05, 0) is 25.8 Å². The molecule has 7 nitrogen and oxygen atoms in total. The first-order valence-corrected chi connectivity index (χ1v) is 20.3. The third-order valence-corrected chi connectivity index (χ3v) is 8.45.